The molecule has 0 fully saturated rings. The number of pyridine rings is 1. The molecule has 0 radical (unpaired) electrons. The van der Waals surface area contributed by atoms with Crippen molar-refractivity contribution in [3.63, 3.8) is 0 Å². The monoisotopic (exact) mass is 471 g/mol. The van der Waals surface area contributed by atoms with Crippen molar-refractivity contribution in [2.24, 2.45) is 0 Å². The van der Waals surface area contributed by atoms with E-state index in [4.69, 9.17) is 5.73 Å². The topological polar surface area (TPSA) is 152 Å². The van der Waals surface area contributed by atoms with Crippen LogP contribution < -0.4 is 21.1 Å². The Labute approximate surface area is 193 Å². The Morgan fingerprint density at radius 2 is 1.91 bits per heavy atom. The maximum atomic E-state index is 12.8. The lowest BCUT2D eigenvalue weighted by Crippen LogP contribution is -2.46. The molecule has 11 heteroatoms. The number of fused-ring (bicyclic) bond motifs is 1. The second-order valence-electron chi connectivity index (χ2n) is 8.14. The molecule has 10 nitrogen and oxygen atoms in total. The Morgan fingerprint density at radius 1 is 1.18 bits per heavy atom. The number of rotatable bonds is 10. The molecule has 0 bridgehead atoms. The molecule has 1 amide bonds. The highest BCUT2D eigenvalue weighted by Gasteiger charge is 2.26. The highest BCUT2D eigenvalue weighted by molar-refractivity contribution is 7.92. The average molecular weight is 472 g/mol. The average Bonchev–Trinajstić information content (AvgIpc) is 2.76. The van der Waals surface area contributed by atoms with Crippen LogP contribution in [0.15, 0.2) is 47.5 Å². The van der Waals surface area contributed by atoms with Crippen molar-refractivity contribution >= 4 is 44.4 Å². The van der Waals surface area contributed by atoms with E-state index in [0.29, 0.717) is 29.1 Å². The van der Waals surface area contributed by atoms with Crippen molar-refractivity contribution in [2.75, 3.05) is 22.3 Å². The molecular formula is C22H29N7O3S. The van der Waals surface area contributed by atoms with Gasteiger partial charge in [-0.25, -0.2) is 18.4 Å². The number of amides is 1. The fourth-order valence-electron chi connectivity index (χ4n) is 3.34. The van der Waals surface area contributed by atoms with Crippen LogP contribution >= 0.6 is 0 Å². The van der Waals surface area contributed by atoms with E-state index in [2.05, 4.69) is 37.2 Å². The summed E-state index contributed by atoms with van der Waals surface area (Å²) < 4.78 is 28.2. The third-order valence-electron chi connectivity index (χ3n) is 5.09. The van der Waals surface area contributed by atoms with Gasteiger partial charge in [-0.05, 0) is 31.5 Å². The van der Waals surface area contributed by atoms with Crippen molar-refractivity contribution in [1.29, 1.82) is 0 Å². The van der Waals surface area contributed by atoms with Gasteiger partial charge in [-0.2, -0.15) is 4.98 Å². The molecule has 0 saturated heterocycles. The highest BCUT2D eigenvalue weighted by atomic mass is 32.2. The van der Waals surface area contributed by atoms with Crippen LogP contribution in [-0.4, -0.2) is 41.4 Å². The van der Waals surface area contributed by atoms with Crippen LogP contribution in [0.2, 0.25) is 0 Å². The van der Waals surface area contributed by atoms with E-state index in [0.717, 1.165) is 19.3 Å². The van der Waals surface area contributed by atoms with Crippen molar-refractivity contribution in [1.82, 2.24) is 20.3 Å². The van der Waals surface area contributed by atoms with E-state index >= 15 is 0 Å². The van der Waals surface area contributed by atoms with Crippen LogP contribution in [0.25, 0.3) is 11.0 Å². The van der Waals surface area contributed by atoms with Crippen molar-refractivity contribution < 1.29 is 13.2 Å². The Kier molecular flexibility index (Phi) is 7.32. The van der Waals surface area contributed by atoms with Crippen LogP contribution in [0.5, 0.6) is 0 Å². The van der Waals surface area contributed by atoms with Gasteiger partial charge in [0.15, 0.2) is 5.82 Å². The van der Waals surface area contributed by atoms with Gasteiger partial charge in [0.25, 0.3) is 10.0 Å². The first-order valence-corrected chi connectivity index (χ1v) is 12.1. The van der Waals surface area contributed by atoms with Crippen molar-refractivity contribution in [2.45, 2.75) is 50.5 Å². The van der Waals surface area contributed by atoms with Crippen LogP contribution in [0.3, 0.4) is 0 Å². The lowest BCUT2D eigenvalue weighted by molar-refractivity contribution is -0.119. The Hall–Kier alpha value is -3.47. The van der Waals surface area contributed by atoms with E-state index in [1.54, 1.807) is 30.3 Å². The van der Waals surface area contributed by atoms with Gasteiger partial charge >= 0.3 is 0 Å². The van der Waals surface area contributed by atoms with Crippen molar-refractivity contribution in [3.05, 3.63) is 42.6 Å². The molecule has 0 spiro atoms. The molecule has 2 aromatic heterocycles. The van der Waals surface area contributed by atoms with E-state index in [1.807, 2.05) is 6.92 Å². The molecule has 33 heavy (non-hydrogen) atoms. The molecule has 0 aliphatic heterocycles. The number of anilines is 3. The number of para-hydroxylation sites is 1. The highest BCUT2D eigenvalue weighted by Crippen LogP contribution is 2.27. The Balaban J connectivity index is 1.96. The number of hydrogen-bond acceptors (Lipinski definition) is 8. The molecule has 3 aromatic rings. The lowest BCUT2D eigenvalue weighted by atomic mass is 9.94. The van der Waals surface area contributed by atoms with Gasteiger partial charge < -0.3 is 16.4 Å². The smallest absolute Gasteiger partial charge is 0.263 e. The molecule has 5 N–H and O–H groups in total. The van der Waals surface area contributed by atoms with Gasteiger partial charge in [0.1, 0.15) is 10.4 Å². The van der Waals surface area contributed by atoms with Crippen LogP contribution in [0.1, 0.15) is 40.0 Å². The summed E-state index contributed by atoms with van der Waals surface area (Å²) in [5.74, 6) is 0.224. The normalized spacial score (nSPS) is 13.3. The van der Waals surface area contributed by atoms with Gasteiger partial charge in [-0.3, -0.25) is 9.52 Å². The number of carbonyl (C=O) groups excluding carboxylic acids is 1. The third kappa shape index (κ3) is 6.28. The zero-order valence-corrected chi connectivity index (χ0v) is 19.7. The first kappa shape index (κ1) is 24.2. The van der Waals surface area contributed by atoms with Crippen LogP contribution in [0.4, 0.5) is 17.5 Å². The number of nitrogens with two attached hydrogens (primary N) is 1. The second-order valence-corrected chi connectivity index (χ2v) is 9.82. The molecule has 0 unspecified atom stereocenters. The third-order valence-corrected chi connectivity index (χ3v) is 6.44. The molecular weight excluding hydrogens is 442 g/mol. The fraction of sp³-hybridized carbons (Fsp3) is 0.364. The summed E-state index contributed by atoms with van der Waals surface area (Å²) in [4.78, 5) is 24.3. The zero-order chi connectivity index (χ0) is 24.1. The summed E-state index contributed by atoms with van der Waals surface area (Å²) >= 11 is 0. The Morgan fingerprint density at radius 3 is 2.58 bits per heavy atom. The van der Waals surface area contributed by atoms with Gasteiger partial charge in [-0.15, -0.1) is 0 Å². The van der Waals surface area contributed by atoms with Gasteiger partial charge in [0, 0.05) is 25.4 Å². The summed E-state index contributed by atoms with van der Waals surface area (Å²) in [6, 6.07) is 9.98. The standard InChI is InChI=1S/C22H29N7O3S/c1-4-5-11-22(3,14-25-15(2)30)28-20-19-18(26-21(23)27-20)12-17(13-24-19)33(31,32)29-16-9-7-6-8-10-16/h6-10,12-13,29H,4-5,11,14H2,1-3H3,(H,25,30)(H3,23,26,27,28)/t22-/m1/s1. The largest absolute Gasteiger partial charge is 0.368 e. The maximum Gasteiger partial charge on any atom is 0.263 e. The molecule has 0 saturated carbocycles. The molecule has 0 aliphatic rings. The number of carbonyl (C=O) groups is 1. The summed E-state index contributed by atoms with van der Waals surface area (Å²) in [6.45, 7) is 5.90. The summed E-state index contributed by atoms with van der Waals surface area (Å²) in [5.41, 5.74) is 6.52. The predicted octanol–water partition coefficient (Wildman–Crippen LogP) is 2.90. The van der Waals surface area contributed by atoms with Crippen LogP contribution in [0, 0.1) is 0 Å². The second kappa shape index (κ2) is 9.99. The first-order valence-electron chi connectivity index (χ1n) is 10.7. The minimum atomic E-state index is -3.88. The number of sulfonamides is 1. The van der Waals surface area contributed by atoms with Crippen LogP contribution in [-0.2, 0) is 14.8 Å². The molecule has 0 aliphatic carbocycles. The number of benzene rings is 1. The predicted molar refractivity (Wildman–Crippen MR) is 129 cm³/mol. The SMILES string of the molecule is CCCC[C@](C)(CNC(C)=O)Nc1nc(N)nc2cc(S(=O)(=O)Nc3ccccc3)cnc12. The minimum absolute atomic E-state index is 0.0188. The zero-order valence-electron chi connectivity index (χ0n) is 18.9. The first-order chi connectivity index (χ1) is 15.6. The number of nitrogens with one attached hydrogen (secondary N) is 3. The number of aromatic nitrogens is 3. The fourth-order valence-corrected chi connectivity index (χ4v) is 4.36. The van der Waals surface area contributed by atoms with Gasteiger partial charge in [-0.1, -0.05) is 38.0 Å². The molecule has 1 atom stereocenters. The number of nitrogens with zero attached hydrogens (tertiary/aromatic N) is 3. The van der Waals surface area contributed by atoms with Gasteiger partial charge in [0.05, 0.1) is 11.1 Å². The number of hydrogen-bond donors (Lipinski definition) is 4. The van der Waals surface area contributed by atoms with E-state index in [-0.39, 0.29) is 16.8 Å². The van der Waals surface area contributed by atoms with Gasteiger partial charge in [0.2, 0.25) is 11.9 Å². The molecule has 1 aromatic carbocycles. The van der Waals surface area contributed by atoms with E-state index in [1.165, 1.54) is 19.2 Å². The summed E-state index contributed by atoms with van der Waals surface area (Å²) in [5, 5.41) is 6.20. The lowest BCUT2D eigenvalue weighted by Gasteiger charge is -2.32. The molecule has 176 valence electrons. The number of nitrogen functional groups attached to an aromatic ring is 1. The minimum Gasteiger partial charge on any atom is -0.368 e. The molecule has 3 rings (SSSR count). The summed E-state index contributed by atoms with van der Waals surface area (Å²) in [6.07, 6.45) is 3.94. The Bertz CT molecular complexity index is 1240. The molecule has 2 heterocycles. The number of unbranched alkanes of at least 4 members (excludes halogenated alkanes) is 1. The van der Waals surface area contributed by atoms with E-state index < -0.39 is 15.6 Å². The van der Waals surface area contributed by atoms with E-state index in [9.17, 15) is 13.2 Å². The van der Waals surface area contributed by atoms with Crippen molar-refractivity contribution in [3.8, 4) is 0 Å². The summed E-state index contributed by atoms with van der Waals surface area (Å²) in [7, 11) is -3.88. The maximum absolute atomic E-state index is 12.8. The quantitative estimate of drug-likeness (QED) is 0.352.